The minimum atomic E-state index is -2.75. The van der Waals surface area contributed by atoms with Gasteiger partial charge in [-0.05, 0) is 5.56 Å². The van der Waals surface area contributed by atoms with Crippen LogP contribution in [0.25, 0.3) is 0 Å². The first kappa shape index (κ1) is 11.0. The molecule has 1 aliphatic rings. The Morgan fingerprint density at radius 1 is 1.38 bits per heavy atom. The Balaban J connectivity index is 2.05. The SMILES string of the molecule is CC(=O)OC[C@@H]1C(c2ccccc2)C1(F)F. The van der Waals surface area contributed by atoms with Crippen molar-refractivity contribution in [1.29, 1.82) is 0 Å². The number of hydrogen-bond donors (Lipinski definition) is 0. The Labute approximate surface area is 92.2 Å². The first-order valence-electron chi connectivity index (χ1n) is 5.09. The summed E-state index contributed by atoms with van der Waals surface area (Å²) >= 11 is 0. The van der Waals surface area contributed by atoms with Crippen LogP contribution in [0.3, 0.4) is 0 Å². The summed E-state index contributed by atoms with van der Waals surface area (Å²) in [4.78, 5) is 10.6. The van der Waals surface area contributed by atoms with Gasteiger partial charge in [0.2, 0.25) is 0 Å². The van der Waals surface area contributed by atoms with E-state index in [-0.39, 0.29) is 6.61 Å². The van der Waals surface area contributed by atoms with Gasteiger partial charge in [0.1, 0.15) is 6.61 Å². The molecule has 1 aromatic rings. The molecule has 1 aromatic carbocycles. The Morgan fingerprint density at radius 3 is 2.56 bits per heavy atom. The molecule has 1 fully saturated rings. The molecule has 0 N–H and O–H groups in total. The fourth-order valence-corrected chi connectivity index (χ4v) is 1.92. The Morgan fingerprint density at radius 2 is 2.00 bits per heavy atom. The topological polar surface area (TPSA) is 26.3 Å². The number of carbonyl (C=O) groups excluding carboxylic acids is 1. The second kappa shape index (κ2) is 3.85. The number of hydrogen-bond acceptors (Lipinski definition) is 2. The molecule has 2 rings (SSSR count). The monoisotopic (exact) mass is 226 g/mol. The molecular formula is C12H12F2O2. The third kappa shape index (κ3) is 1.92. The summed E-state index contributed by atoms with van der Waals surface area (Å²) in [6.45, 7) is 1.01. The molecule has 0 spiro atoms. The molecule has 0 amide bonds. The lowest BCUT2D eigenvalue weighted by Crippen LogP contribution is -2.06. The predicted molar refractivity (Wildman–Crippen MR) is 54.3 cm³/mol. The highest BCUT2D eigenvalue weighted by Crippen LogP contribution is 2.61. The standard InChI is InChI=1S/C12H12F2O2/c1-8(15)16-7-10-11(12(10,13)14)9-5-3-2-4-6-9/h2-6,10-11H,7H2,1H3/t10-,11?/m1/s1. The van der Waals surface area contributed by atoms with E-state index in [2.05, 4.69) is 4.74 Å². The van der Waals surface area contributed by atoms with Crippen molar-refractivity contribution in [3.63, 3.8) is 0 Å². The van der Waals surface area contributed by atoms with Crippen molar-refractivity contribution in [1.82, 2.24) is 0 Å². The highest BCUT2D eigenvalue weighted by molar-refractivity contribution is 5.66. The Hall–Kier alpha value is -1.45. The van der Waals surface area contributed by atoms with E-state index in [0.29, 0.717) is 5.56 Å². The number of carbonyl (C=O) groups is 1. The lowest BCUT2D eigenvalue weighted by atomic mass is 10.1. The molecular weight excluding hydrogens is 214 g/mol. The minimum absolute atomic E-state index is 0.206. The van der Waals surface area contributed by atoms with Crippen molar-refractivity contribution in [2.75, 3.05) is 6.61 Å². The summed E-state index contributed by atoms with van der Waals surface area (Å²) in [7, 11) is 0. The van der Waals surface area contributed by atoms with E-state index in [1.165, 1.54) is 6.92 Å². The van der Waals surface area contributed by atoms with Crippen LogP contribution in [-0.2, 0) is 9.53 Å². The molecule has 1 aliphatic carbocycles. The van der Waals surface area contributed by atoms with Gasteiger partial charge in [-0.1, -0.05) is 30.3 Å². The summed E-state index contributed by atoms with van der Waals surface area (Å²) in [5, 5.41) is 0. The van der Waals surface area contributed by atoms with E-state index in [1.807, 2.05) is 0 Å². The number of alkyl halides is 2. The summed E-state index contributed by atoms with van der Waals surface area (Å²) in [6.07, 6.45) is 0. The van der Waals surface area contributed by atoms with Crippen LogP contribution in [-0.4, -0.2) is 18.5 Å². The maximum atomic E-state index is 13.4. The molecule has 4 heteroatoms. The van der Waals surface area contributed by atoms with Gasteiger partial charge in [-0.25, -0.2) is 8.78 Å². The van der Waals surface area contributed by atoms with Gasteiger partial charge in [-0.2, -0.15) is 0 Å². The zero-order chi connectivity index (χ0) is 11.8. The van der Waals surface area contributed by atoms with E-state index in [1.54, 1.807) is 30.3 Å². The van der Waals surface area contributed by atoms with Gasteiger partial charge in [-0.3, -0.25) is 4.79 Å². The average molecular weight is 226 g/mol. The average Bonchev–Trinajstić information content (AvgIpc) is 2.79. The van der Waals surface area contributed by atoms with Gasteiger partial charge in [0.25, 0.3) is 5.92 Å². The van der Waals surface area contributed by atoms with Crippen LogP contribution in [0.2, 0.25) is 0 Å². The van der Waals surface area contributed by atoms with Gasteiger partial charge in [0.05, 0.1) is 11.8 Å². The molecule has 16 heavy (non-hydrogen) atoms. The third-order valence-electron chi connectivity index (χ3n) is 2.83. The molecule has 2 nitrogen and oxygen atoms in total. The van der Waals surface area contributed by atoms with Gasteiger partial charge in [0, 0.05) is 6.92 Å². The van der Waals surface area contributed by atoms with Crippen molar-refractivity contribution in [2.24, 2.45) is 5.92 Å². The van der Waals surface area contributed by atoms with Crippen LogP contribution in [0.15, 0.2) is 30.3 Å². The highest BCUT2D eigenvalue weighted by Gasteiger charge is 2.69. The zero-order valence-corrected chi connectivity index (χ0v) is 8.82. The highest BCUT2D eigenvalue weighted by atomic mass is 19.3. The first-order chi connectivity index (χ1) is 7.53. The van der Waals surface area contributed by atoms with Gasteiger partial charge < -0.3 is 4.74 Å². The second-order valence-corrected chi connectivity index (χ2v) is 3.97. The van der Waals surface area contributed by atoms with E-state index >= 15 is 0 Å². The third-order valence-corrected chi connectivity index (χ3v) is 2.83. The molecule has 1 saturated carbocycles. The number of halogens is 2. The van der Waals surface area contributed by atoms with Crippen LogP contribution in [0.5, 0.6) is 0 Å². The normalized spacial score (nSPS) is 26.2. The van der Waals surface area contributed by atoms with Crippen LogP contribution in [0, 0.1) is 5.92 Å². The lowest BCUT2D eigenvalue weighted by molar-refractivity contribution is -0.142. The quantitative estimate of drug-likeness (QED) is 0.740. The summed E-state index contributed by atoms with van der Waals surface area (Å²) in [5.74, 6) is -4.96. The number of benzene rings is 1. The lowest BCUT2D eigenvalue weighted by Gasteiger charge is -1.99. The van der Waals surface area contributed by atoms with Crippen molar-refractivity contribution in [3.05, 3.63) is 35.9 Å². The number of esters is 1. The summed E-state index contributed by atoms with van der Waals surface area (Å²) in [6, 6.07) is 8.59. The minimum Gasteiger partial charge on any atom is -0.465 e. The maximum Gasteiger partial charge on any atom is 0.302 e. The van der Waals surface area contributed by atoms with Crippen LogP contribution in [0.4, 0.5) is 8.78 Å². The van der Waals surface area contributed by atoms with Crippen molar-refractivity contribution in [3.8, 4) is 0 Å². The van der Waals surface area contributed by atoms with Crippen LogP contribution >= 0.6 is 0 Å². The van der Waals surface area contributed by atoms with Crippen LogP contribution in [0.1, 0.15) is 18.4 Å². The fraction of sp³-hybridized carbons (Fsp3) is 0.417. The molecule has 0 aliphatic heterocycles. The second-order valence-electron chi connectivity index (χ2n) is 3.97. The fourth-order valence-electron chi connectivity index (χ4n) is 1.92. The van der Waals surface area contributed by atoms with Crippen LogP contribution < -0.4 is 0 Å². The Bertz CT molecular complexity index is 389. The smallest absolute Gasteiger partial charge is 0.302 e. The van der Waals surface area contributed by atoms with E-state index in [0.717, 1.165) is 0 Å². The Kier molecular flexibility index (Phi) is 2.66. The maximum absolute atomic E-state index is 13.4. The summed E-state index contributed by atoms with van der Waals surface area (Å²) < 4.78 is 31.4. The molecule has 0 aromatic heterocycles. The number of rotatable bonds is 3. The molecule has 0 bridgehead atoms. The first-order valence-corrected chi connectivity index (χ1v) is 5.09. The van der Waals surface area contributed by atoms with E-state index < -0.39 is 23.7 Å². The van der Waals surface area contributed by atoms with Crippen molar-refractivity contribution in [2.45, 2.75) is 18.8 Å². The molecule has 0 saturated heterocycles. The number of ether oxygens (including phenoxy) is 1. The molecule has 86 valence electrons. The van der Waals surface area contributed by atoms with E-state index in [4.69, 9.17) is 0 Å². The van der Waals surface area contributed by atoms with Crippen molar-refractivity contribution < 1.29 is 18.3 Å². The van der Waals surface area contributed by atoms with Gasteiger partial charge >= 0.3 is 5.97 Å². The predicted octanol–water partition coefficient (Wildman–Crippen LogP) is 2.60. The molecule has 0 radical (unpaired) electrons. The van der Waals surface area contributed by atoms with Gasteiger partial charge in [0.15, 0.2) is 0 Å². The zero-order valence-electron chi connectivity index (χ0n) is 8.82. The molecule has 1 unspecified atom stereocenters. The van der Waals surface area contributed by atoms with Crippen molar-refractivity contribution >= 4 is 5.97 Å². The van der Waals surface area contributed by atoms with E-state index in [9.17, 15) is 13.6 Å². The van der Waals surface area contributed by atoms with Gasteiger partial charge in [-0.15, -0.1) is 0 Å². The summed E-state index contributed by atoms with van der Waals surface area (Å²) in [5.41, 5.74) is 0.602. The molecule has 0 heterocycles. The largest absolute Gasteiger partial charge is 0.465 e. The molecule has 2 atom stereocenters.